The molecule has 6 rings (SSSR count). The van der Waals surface area contributed by atoms with Gasteiger partial charge < -0.3 is 19.7 Å². The van der Waals surface area contributed by atoms with Gasteiger partial charge in [-0.2, -0.15) is 0 Å². The molecule has 0 radical (unpaired) electrons. The van der Waals surface area contributed by atoms with Crippen molar-refractivity contribution in [3.05, 3.63) is 90.3 Å². The van der Waals surface area contributed by atoms with Gasteiger partial charge in [0.05, 0.1) is 48.3 Å². The molecule has 1 saturated heterocycles. The van der Waals surface area contributed by atoms with Gasteiger partial charge in [-0.1, -0.05) is 12.1 Å². The second kappa shape index (κ2) is 10.9. The maximum Gasteiger partial charge on any atom is 0.212 e. The number of ether oxygens (including phenoxy) is 2. The molecule has 0 amide bonds. The first-order valence-electron chi connectivity index (χ1n) is 13.0. The maximum atomic E-state index is 15.4. The van der Waals surface area contributed by atoms with Gasteiger partial charge in [0.15, 0.2) is 0 Å². The number of anilines is 3. The zero-order chi connectivity index (χ0) is 27.6. The summed E-state index contributed by atoms with van der Waals surface area (Å²) in [6, 6.07) is 17.5. The maximum absolute atomic E-state index is 15.4. The number of halogens is 2. The summed E-state index contributed by atoms with van der Waals surface area (Å²) >= 11 is 0. The van der Waals surface area contributed by atoms with E-state index in [2.05, 4.69) is 31.2 Å². The van der Waals surface area contributed by atoms with Crippen molar-refractivity contribution in [1.82, 2.24) is 15.0 Å². The summed E-state index contributed by atoms with van der Waals surface area (Å²) in [7, 11) is 1.57. The largest absolute Gasteiger partial charge is 0.481 e. The van der Waals surface area contributed by atoms with Gasteiger partial charge in [-0.15, -0.1) is 0 Å². The standard InChI is InChI=1S/C31H27F2N5O2/c1-19-30(25-5-3-4-10-34-25)37-27-16-21(32)15-24(33)29(27)31(19)36-26-17-22(38-11-13-40-14-12-38)7-8-23(26)20-6-9-28(39-2)35-18-20/h3-10,15-18H,11-14H2,1-2H3,(H,36,37). The third-order valence-electron chi connectivity index (χ3n) is 7.05. The highest BCUT2D eigenvalue weighted by molar-refractivity contribution is 5.99. The van der Waals surface area contributed by atoms with E-state index in [9.17, 15) is 4.39 Å². The van der Waals surface area contributed by atoms with E-state index in [1.807, 2.05) is 43.3 Å². The number of morpholine rings is 1. The quantitative estimate of drug-likeness (QED) is 0.263. The number of benzene rings is 2. The van der Waals surface area contributed by atoms with Crippen LogP contribution in [0, 0.1) is 18.6 Å². The zero-order valence-corrected chi connectivity index (χ0v) is 22.1. The molecule has 3 aromatic heterocycles. The number of methoxy groups -OCH3 is 1. The minimum atomic E-state index is -0.697. The van der Waals surface area contributed by atoms with E-state index in [4.69, 9.17) is 9.47 Å². The van der Waals surface area contributed by atoms with Gasteiger partial charge in [-0.25, -0.2) is 18.7 Å². The fourth-order valence-electron chi connectivity index (χ4n) is 5.02. The highest BCUT2D eigenvalue weighted by Gasteiger charge is 2.21. The van der Waals surface area contributed by atoms with Gasteiger partial charge in [0.2, 0.25) is 5.88 Å². The SMILES string of the molecule is COc1ccc(-c2ccc(N3CCOCC3)cc2Nc2c(C)c(-c3ccccn3)nc3cc(F)cc(F)c23)cn1. The normalized spacial score (nSPS) is 13.4. The van der Waals surface area contributed by atoms with Crippen molar-refractivity contribution < 1.29 is 18.3 Å². The van der Waals surface area contributed by atoms with Crippen LogP contribution in [0.25, 0.3) is 33.4 Å². The second-order valence-corrected chi connectivity index (χ2v) is 9.50. The molecular formula is C31H27F2N5O2. The number of nitrogens with one attached hydrogen (secondary N) is 1. The van der Waals surface area contributed by atoms with Crippen LogP contribution >= 0.6 is 0 Å². The van der Waals surface area contributed by atoms with Gasteiger partial charge in [0.1, 0.15) is 11.6 Å². The Kier molecular flexibility index (Phi) is 6.96. The lowest BCUT2D eigenvalue weighted by atomic mass is 10.0. The third kappa shape index (κ3) is 4.91. The lowest BCUT2D eigenvalue weighted by Crippen LogP contribution is -2.36. The van der Waals surface area contributed by atoms with Crippen LogP contribution in [0.1, 0.15) is 5.56 Å². The van der Waals surface area contributed by atoms with Crippen molar-refractivity contribution in [2.75, 3.05) is 43.6 Å². The Morgan fingerprint density at radius 1 is 0.975 bits per heavy atom. The number of aromatic nitrogens is 3. The van der Waals surface area contributed by atoms with Gasteiger partial charge in [-0.05, 0) is 37.3 Å². The Morgan fingerprint density at radius 2 is 1.82 bits per heavy atom. The number of hydrogen-bond donors (Lipinski definition) is 1. The molecular weight excluding hydrogens is 512 g/mol. The zero-order valence-electron chi connectivity index (χ0n) is 22.1. The van der Waals surface area contributed by atoms with Gasteiger partial charge >= 0.3 is 0 Å². The smallest absolute Gasteiger partial charge is 0.212 e. The Balaban J connectivity index is 1.55. The van der Waals surface area contributed by atoms with Crippen LogP contribution in [0.2, 0.25) is 0 Å². The van der Waals surface area contributed by atoms with E-state index in [1.165, 1.54) is 6.07 Å². The van der Waals surface area contributed by atoms with Crippen molar-refractivity contribution in [2.45, 2.75) is 6.92 Å². The summed E-state index contributed by atoms with van der Waals surface area (Å²) in [4.78, 5) is 15.7. The summed E-state index contributed by atoms with van der Waals surface area (Å²) in [6.07, 6.45) is 3.40. The van der Waals surface area contributed by atoms with Crippen molar-refractivity contribution in [3.63, 3.8) is 0 Å². The molecule has 1 aliphatic rings. The van der Waals surface area contributed by atoms with Gasteiger partial charge in [0, 0.05) is 71.7 Å². The van der Waals surface area contributed by atoms with E-state index in [0.717, 1.165) is 41.7 Å². The molecule has 0 atom stereocenters. The van der Waals surface area contributed by atoms with Crippen LogP contribution in [-0.2, 0) is 4.74 Å². The molecule has 4 heterocycles. The summed E-state index contributed by atoms with van der Waals surface area (Å²) in [5.74, 6) is -0.889. The molecule has 5 aromatic rings. The molecule has 9 heteroatoms. The highest BCUT2D eigenvalue weighted by Crippen LogP contribution is 2.40. The van der Waals surface area contributed by atoms with Crippen LogP contribution in [0.15, 0.2) is 73.1 Å². The second-order valence-electron chi connectivity index (χ2n) is 9.50. The highest BCUT2D eigenvalue weighted by atomic mass is 19.1. The molecule has 1 N–H and O–H groups in total. The molecule has 40 heavy (non-hydrogen) atoms. The van der Waals surface area contributed by atoms with Crippen LogP contribution in [-0.4, -0.2) is 48.4 Å². The molecule has 7 nitrogen and oxygen atoms in total. The monoisotopic (exact) mass is 539 g/mol. The summed E-state index contributed by atoms with van der Waals surface area (Å²) in [6.45, 7) is 4.67. The van der Waals surface area contributed by atoms with Gasteiger partial charge in [0.25, 0.3) is 0 Å². The molecule has 0 bridgehead atoms. The molecule has 202 valence electrons. The van der Waals surface area contributed by atoms with Crippen molar-refractivity contribution in [1.29, 1.82) is 0 Å². The molecule has 0 aliphatic carbocycles. The van der Waals surface area contributed by atoms with Crippen LogP contribution in [0.3, 0.4) is 0 Å². The Bertz CT molecular complexity index is 1670. The molecule has 1 fully saturated rings. The fraction of sp³-hybridized carbons (Fsp3) is 0.194. The molecule has 2 aromatic carbocycles. The van der Waals surface area contributed by atoms with Crippen molar-refractivity contribution >= 4 is 28.0 Å². The Hall–Kier alpha value is -4.63. The lowest BCUT2D eigenvalue weighted by Gasteiger charge is -2.30. The number of pyridine rings is 3. The summed E-state index contributed by atoms with van der Waals surface area (Å²) < 4.78 is 40.5. The predicted octanol–water partition coefficient (Wildman–Crippen LogP) is 6.53. The fourth-order valence-corrected chi connectivity index (χ4v) is 5.02. The molecule has 1 aliphatic heterocycles. The van der Waals surface area contributed by atoms with E-state index in [0.29, 0.717) is 41.7 Å². The average molecular weight is 540 g/mol. The van der Waals surface area contributed by atoms with Crippen molar-refractivity contribution in [2.24, 2.45) is 0 Å². The minimum absolute atomic E-state index is 0.197. The van der Waals surface area contributed by atoms with Crippen LogP contribution < -0.4 is 15.0 Å². The molecule has 0 saturated carbocycles. The molecule has 0 spiro atoms. The number of rotatable bonds is 6. The number of nitrogens with zero attached hydrogens (tertiary/aromatic N) is 4. The number of fused-ring (bicyclic) bond motifs is 1. The average Bonchev–Trinajstić information content (AvgIpc) is 2.99. The van der Waals surface area contributed by atoms with E-state index < -0.39 is 11.6 Å². The van der Waals surface area contributed by atoms with Crippen LogP contribution in [0.4, 0.5) is 25.8 Å². The van der Waals surface area contributed by atoms with E-state index in [-0.39, 0.29) is 10.9 Å². The summed E-state index contributed by atoms with van der Waals surface area (Å²) in [5, 5.41) is 3.72. The summed E-state index contributed by atoms with van der Waals surface area (Å²) in [5.41, 5.74) is 5.97. The Labute approximate surface area is 230 Å². The van der Waals surface area contributed by atoms with E-state index in [1.54, 1.807) is 25.6 Å². The van der Waals surface area contributed by atoms with E-state index >= 15 is 4.39 Å². The first kappa shape index (κ1) is 25.6. The predicted molar refractivity (Wildman–Crippen MR) is 152 cm³/mol. The number of hydrogen-bond acceptors (Lipinski definition) is 7. The third-order valence-corrected chi connectivity index (χ3v) is 7.05. The minimum Gasteiger partial charge on any atom is -0.481 e. The van der Waals surface area contributed by atoms with Gasteiger partial charge in [-0.3, -0.25) is 4.98 Å². The van der Waals surface area contributed by atoms with Crippen LogP contribution in [0.5, 0.6) is 5.88 Å². The first-order chi connectivity index (χ1) is 19.5. The molecule has 0 unspecified atom stereocenters. The lowest BCUT2D eigenvalue weighted by molar-refractivity contribution is 0.122. The topological polar surface area (TPSA) is 72.4 Å². The first-order valence-corrected chi connectivity index (χ1v) is 13.0. The van der Waals surface area contributed by atoms with Crippen molar-refractivity contribution in [3.8, 4) is 28.4 Å². The Morgan fingerprint density at radius 3 is 2.55 bits per heavy atom.